The van der Waals surface area contributed by atoms with E-state index in [0.29, 0.717) is 16.9 Å². The summed E-state index contributed by atoms with van der Waals surface area (Å²) in [5.74, 6) is -0.922. The van der Waals surface area contributed by atoms with Gasteiger partial charge in [-0.05, 0) is 30.3 Å². The number of carbonyl (C=O) groups excluding carboxylic acids is 1. The SMILES string of the molecule is [2H]C1([2H])OC([2H])([2H])C([2H])([2H])N(c2cc(C(=O)Cc3cc4nc(-c5cncn5C)ccc4cn3)ccn2)C1([2H])[2H]. The van der Waals surface area contributed by atoms with Crippen LogP contribution in [0.1, 0.15) is 27.0 Å². The Hall–Kier alpha value is -3.65. The van der Waals surface area contributed by atoms with Gasteiger partial charge in [-0.25, -0.2) is 15.0 Å². The number of carbonyl (C=O) groups is 1. The van der Waals surface area contributed by atoms with E-state index in [1.54, 1.807) is 24.8 Å². The van der Waals surface area contributed by atoms with Crippen LogP contribution in [0.15, 0.2) is 55.2 Å². The summed E-state index contributed by atoms with van der Waals surface area (Å²) >= 11 is 0. The average Bonchev–Trinajstić information content (AvgIpc) is 3.28. The Bertz CT molecular complexity index is 1570. The molecule has 1 aliphatic rings. The Morgan fingerprint density at radius 2 is 2.03 bits per heavy atom. The molecule has 8 nitrogen and oxygen atoms in total. The lowest BCUT2D eigenvalue weighted by Crippen LogP contribution is -2.36. The molecule has 1 saturated heterocycles. The summed E-state index contributed by atoms with van der Waals surface area (Å²) in [6.45, 7) is -12.8. The van der Waals surface area contributed by atoms with Gasteiger partial charge >= 0.3 is 0 Å². The van der Waals surface area contributed by atoms with Crippen LogP contribution in [0.2, 0.25) is 0 Å². The molecule has 0 atom stereocenters. The van der Waals surface area contributed by atoms with Crippen LogP contribution < -0.4 is 4.90 Å². The van der Waals surface area contributed by atoms with Gasteiger partial charge in [-0.15, -0.1) is 0 Å². The molecule has 8 heteroatoms. The Kier molecular flexibility index (Phi) is 3.26. The Labute approximate surface area is 190 Å². The zero-order valence-electron chi connectivity index (χ0n) is 24.4. The molecule has 0 aromatic carbocycles. The fourth-order valence-electron chi connectivity index (χ4n) is 3.19. The van der Waals surface area contributed by atoms with E-state index in [2.05, 4.69) is 24.7 Å². The van der Waals surface area contributed by atoms with Crippen molar-refractivity contribution in [3.8, 4) is 11.4 Å². The number of rotatable bonds is 5. The summed E-state index contributed by atoms with van der Waals surface area (Å²) in [4.78, 5) is 30.4. The van der Waals surface area contributed by atoms with Gasteiger partial charge in [-0.2, -0.15) is 0 Å². The van der Waals surface area contributed by atoms with Gasteiger partial charge in [0.15, 0.2) is 5.78 Å². The van der Waals surface area contributed by atoms with Crippen molar-refractivity contribution in [2.75, 3.05) is 31.0 Å². The molecule has 0 spiro atoms. The topological polar surface area (TPSA) is 86.0 Å². The number of ketones is 1. The minimum absolute atomic E-state index is 0.0257. The zero-order valence-corrected chi connectivity index (χ0v) is 16.4. The van der Waals surface area contributed by atoms with Crippen molar-refractivity contribution >= 4 is 22.5 Å². The van der Waals surface area contributed by atoms with Crippen molar-refractivity contribution in [3.63, 3.8) is 0 Å². The molecular formula is C23H22N6O2. The van der Waals surface area contributed by atoms with Crippen LogP contribution in [0.3, 0.4) is 0 Å². The van der Waals surface area contributed by atoms with Crippen molar-refractivity contribution in [1.82, 2.24) is 24.5 Å². The molecule has 0 N–H and O–H groups in total. The third-order valence-corrected chi connectivity index (χ3v) is 4.76. The van der Waals surface area contributed by atoms with Crippen LogP contribution in [-0.2, 0) is 18.2 Å². The van der Waals surface area contributed by atoms with Gasteiger partial charge in [0, 0.05) is 43.4 Å². The van der Waals surface area contributed by atoms with Crippen LogP contribution in [0.5, 0.6) is 0 Å². The summed E-state index contributed by atoms with van der Waals surface area (Å²) in [6.07, 6.45) is 5.93. The molecule has 4 aromatic rings. The van der Waals surface area contributed by atoms with Crippen LogP contribution in [0, 0.1) is 0 Å². The van der Waals surface area contributed by atoms with E-state index in [-0.39, 0.29) is 16.9 Å². The fraction of sp³-hybridized carbons (Fsp3) is 0.261. The van der Waals surface area contributed by atoms with Gasteiger partial charge in [0.1, 0.15) is 5.82 Å². The number of fused-ring (bicyclic) bond motifs is 1. The Balaban J connectivity index is 1.46. The molecule has 0 amide bonds. The number of ether oxygens (including phenoxy) is 1. The summed E-state index contributed by atoms with van der Waals surface area (Å²) in [7, 11) is 1.85. The van der Waals surface area contributed by atoms with E-state index < -0.39 is 37.7 Å². The van der Waals surface area contributed by atoms with Gasteiger partial charge in [0.05, 0.1) is 65.6 Å². The van der Waals surface area contributed by atoms with Crippen LogP contribution >= 0.6 is 0 Å². The zero-order chi connectivity index (χ0) is 28.4. The van der Waals surface area contributed by atoms with Crippen molar-refractivity contribution in [1.29, 1.82) is 0 Å². The van der Waals surface area contributed by atoms with E-state index in [4.69, 9.17) is 11.0 Å². The van der Waals surface area contributed by atoms with Gasteiger partial charge < -0.3 is 14.2 Å². The predicted octanol–water partition coefficient (Wildman–Crippen LogP) is 2.69. The molecule has 0 radical (unpaired) electrons. The van der Waals surface area contributed by atoms with Crippen molar-refractivity contribution in [2.24, 2.45) is 7.05 Å². The highest BCUT2D eigenvalue weighted by molar-refractivity contribution is 5.98. The molecule has 1 aliphatic heterocycles. The molecule has 31 heavy (non-hydrogen) atoms. The number of aryl methyl sites for hydroxylation is 1. The third kappa shape index (κ3) is 4.02. The van der Waals surface area contributed by atoms with Crippen LogP contribution in [0.25, 0.3) is 22.3 Å². The molecular weight excluding hydrogens is 392 g/mol. The number of morpholine rings is 1. The lowest BCUT2D eigenvalue weighted by Gasteiger charge is -2.27. The number of Topliss-reactive ketones (excluding diaryl/α,β-unsaturated/α-hetero) is 1. The van der Waals surface area contributed by atoms with Gasteiger partial charge in [-0.1, -0.05) is 0 Å². The van der Waals surface area contributed by atoms with E-state index in [1.165, 1.54) is 6.07 Å². The minimum atomic E-state index is -3.24. The van der Waals surface area contributed by atoms with Gasteiger partial charge in [0.25, 0.3) is 0 Å². The molecule has 0 saturated carbocycles. The highest BCUT2D eigenvalue weighted by atomic mass is 16.5. The molecule has 0 aliphatic carbocycles. The number of hydrogen-bond acceptors (Lipinski definition) is 7. The van der Waals surface area contributed by atoms with Crippen molar-refractivity contribution < 1.29 is 20.5 Å². The summed E-state index contributed by atoms with van der Waals surface area (Å²) in [5, 5.41) is 0.767. The van der Waals surface area contributed by atoms with Crippen LogP contribution in [0.4, 0.5) is 5.82 Å². The quantitative estimate of drug-likeness (QED) is 0.457. The summed E-state index contributed by atoms with van der Waals surface area (Å²) in [6, 6.07) is 7.82. The monoisotopic (exact) mass is 422 g/mol. The van der Waals surface area contributed by atoms with Crippen molar-refractivity contribution in [2.45, 2.75) is 6.42 Å². The van der Waals surface area contributed by atoms with E-state index in [9.17, 15) is 4.79 Å². The first-order valence-corrected chi connectivity index (χ1v) is 9.36. The summed E-state index contributed by atoms with van der Waals surface area (Å²) in [5.41, 5.74) is 2.55. The van der Waals surface area contributed by atoms with E-state index >= 15 is 0 Å². The van der Waals surface area contributed by atoms with Crippen LogP contribution in [-0.4, -0.2) is 56.4 Å². The lowest BCUT2D eigenvalue weighted by atomic mass is 10.1. The molecule has 1 fully saturated rings. The second-order valence-electron chi connectivity index (χ2n) is 6.82. The molecule has 0 bridgehead atoms. The Morgan fingerprint density at radius 1 is 1.16 bits per heavy atom. The largest absolute Gasteiger partial charge is 0.378 e. The van der Waals surface area contributed by atoms with Crippen molar-refractivity contribution in [3.05, 3.63) is 66.5 Å². The first kappa shape index (κ1) is 12.3. The molecule has 156 valence electrons. The van der Waals surface area contributed by atoms with E-state index in [0.717, 1.165) is 23.3 Å². The summed E-state index contributed by atoms with van der Waals surface area (Å²) < 4.78 is 70.7. The number of imidazole rings is 1. The molecule has 5 heterocycles. The molecule has 0 unspecified atom stereocenters. The normalized spacial score (nSPS) is 24.5. The number of hydrogen-bond donors (Lipinski definition) is 0. The number of pyridine rings is 3. The van der Waals surface area contributed by atoms with Gasteiger partial charge in [0.2, 0.25) is 0 Å². The average molecular weight is 423 g/mol. The Morgan fingerprint density at radius 3 is 2.84 bits per heavy atom. The highest BCUT2D eigenvalue weighted by Gasteiger charge is 2.16. The second-order valence-corrected chi connectivity index (χ2v) is 6.82. The maximum absolute atomic E-state index is 13.2. The lowest BCUT2D eigenvalue weighted by molar-refractivity contribution is 0.0992. The number of aromatic nitrogens is 5. The first-order chi connectivity index (χ1) is 18.1. The maximum Gasteiger partial charge on any atom is 0.169 e. The molecule has 4 aromatic heterocycles. The first-order valence-electron chi connectivity index (χ1n) is 13.4. The van der Waals surface area contributed by atoms with E-state index in [1.807, 2.05) is 23.7 Å². The second kappa shape index (κ2) is 8.23. The van der Waals surface area contributed by atoms with Gasteiger partial charge in [-0.3, -0.25) is 9.78 Å². The highest BCUT2D eigenvalue weighted by Crippen LogP contribution is 2.21. The standard InChI is InChI=1S/C23H22N6O2/c1-28-15-24-14-21(28)19-3-2-17-13-26-18(11-20(17)27-19)12-22(30)16-4-5-25-23(10-16)29-6-8-31-9-7-29/h2-5,10-11,13-15H,6-9,12H2,1H3/i6D2,7D2,8D2,9D2. The predicted molar refractivity (Wildman–Crippen MR) is 117 cm³/mol. The smallest absolute Gasteiger partial charge is 0.169 e. The fourth-order valence-corrected chi connectivity index (χ4v) is 3.19. The third-order valence-electron chi connectivity index (χ3n) is 4.76. The number of nitrogens with zero attached hydrogens (tertiary/aromatic N) is 6. The maximum atomic E-state index is 13.2. The number of anilines is 1. The minimum Gasteiger partial charge on any atom is -0.378 e. The molecule has 5 rings (SSSR count).